The second-order valence-electron chi connectivity index (χ2n) is 4.58. The van der Waals surface area contributed by atoms with E-state index in [1.807, 2.05) is 18.2 Å². The summed E-state index contributed by atoms with van der Waals surface area (Å²) >= 11 is 0. The molecule has 16 heavy (non-hydrogen) atoms. The number of nitrogens with two attached hydrogens (primary N) is 1. The van der Waals surface area contributed by atoms with E-state index in [4.69, 9.17) is 5.73 Å². The molecule has 2 atom stereocenters. The largest absolute Gasteiger partial charge is 0.508 e. The third kappa shape index (κ3) is 2.74. The van der Waals surface area contributed by atoms with Crippen LogP contribution in [0.3, 0.4) is 0 Å². The summed E-state index contributed by atoms with van der Waals surface area (Å²) in [6, 6.07) is 7.86. The number of phenols is 1. The Morgan fingerprint density at radius 1 is 1.38 bits per heavy atom. The van der Waals surface area contributed by atoms with Crippen LogP contribution in [-0.2, 0) is 6.42 Å². The Morgan fingerprint density at radius 2 is 2.19 bits per heavy atom. The fourth-order valence-electron chi connectivity index (χ4n) is 2.32. The molecule has 1 aliphatic heterocycles. The number of aryl methyl sites for hydroxylation is 1. The van der Waals surface area contributed by atoms with Crippen LogP contribution in [0.2, 0.25) is 0 Å². The molecule has 3 heteroatoms. The average molecular weight is 220 g/mol. The molecule has 0 saturated carbocycles. The smallest absolute Gasteiger partial charge is 0.118 e. The second-order valence-corrected chi connectivity index (χ2v) is 4.58. The van der Waals surface area contributed by atoms with Crippen LogP contribution in [0, 0.1) is 5.92 Å². The zero-order valence-corrected chi connectivity index (χ0v) is 9.52. The molecule has 1 saturated heterocycles. The third-order valence-electron chi connectivity index (χ3n) is 3.44. The van der Waals surface area contributed by atoms with Gasteiger partial charge in [0.2, 0.25) is 0 Å². The van der Waals surface area contributed by atoms with Crippen molar-refractivity contribution in [1.29, 1.82) is 0 Å². The predicted octanol–water partition coefficient (Wildman–Crippen LogP) is 1.26. The molecule has 0 radical (unpaired) electrons. The SMILES string of the molecule is NC1CCNCC1CCc1ccccc1O. The van der Waals surface area contributed by atoms with Crippen LogP contribution in [0.5, 0.6) is 5.75 Å². The number of aromatic hydroxyl groups is 1. The van der Waals surface area contributed by atoms with E-state index in [1.54, 1.807) is 6.07 Å². The van der Waals surface area contributed by atoms with Crippen molar-refractivity contribution in [3.05, 3.63) is 29.8 Å². The minimum atomic E-state index is 0.312. The molecule has 1 aromatic rings. The van der Waals surface area contributed by atoms with E-state index in [2.05, 4.69) is 5.32 Å². The van der Waals surface area contributed by atoms with E-state index < -0.39 is 0 Å². The van der Waals surface area contributed by atoms with Crippen molar-refractivity contribution >= 4 is 0 Å². The summed E-state index contributed by atoms with van der Waals surface area (Å²) in [4.78, 5) is 0. The molecular formula is C13H20N2O. The Hall–Kier alpha value is -1.06. The second kappa shape index (κ2) is 5.32. The van der Waals surface area contributed by atoms with Gasteiger partial charge in [-0.05, 0) is 49.9 Å². The predicted molar refractivity (Wildman–Crippen MR) is 65.4 cm³/mol. The van der Waals surface area contributed by atoms with Crippen molar-refractivity contribution in [3.8, 4) is 5.75 Å². The maximum Gasteiger partial charge on any atom is 0.118 e. The number of para-hydroxylation sites is 1. The summed E-state index contributed by atoms with van der Waals surface area (Å²) in [6.07, 6.45) is 3.02. The lowest BCUT2D eigenvalue weighted by Gasteiger charge is -2.29. The average Bonchev–Trinajstić information content (AvgIpc) is 2.30. The van der Waals surface area contributed by atoms with Crippen molar-refractivity contribution in [2.24, 2.45) is 11.7 Å². The summed E-state index contributed by atoms with van der Waals surface area (Å²) < 4.78 is 0. The Morgan fingerprint density at radius 3 is 2.94 bits per heavy atom. The minimum absolute atomic E-state index is 0.312. The van der Waals surface area contributed by atoms with E-state index in [0.29, 0.717) is 17.7 Å². The zero-order valence-electron chi connectivity index (χ0n) is 9.52. The van der Waals surface area contributed by atoms with Crippen LogP contribution in [0.25, 0.3) is 0 Å². The third-order valence-corrected chi connectivity index (χ3v) is 3.44. The number of benzene rings is 1. The molecular weight excluding hydrogens is 200 g/mol. The highest BCUT2D eigenvalue weighted by atomic mass is 16.3. The first kappa shape index (κ1) is 11.4. The first-order valence-corrected chi connectivity index (χ1v) is 6.00. The molecule has 0 amide bonds. The number of phenolic OH excluding ortho intramolecular Hbond substituents is 1. The summed E-state index contributed by atoms with van der Waals surface area (Å²) in [5.41, 5.74) is 7.11. The van der Waals surface area contributed by atoms with E-state index in [9.17, 15) is 5.11 Å². The molecule has 0 bridgehead atoms. The van der Waals surface area contributed by atoms with E-state index in [1.165, 1.54) is 0 Å². The fraction of sp³-hybridized carbons (Fsp3) is 0.538. The topological polar surface area (TPSA) is 58.3 Å². The molecule has 1 aliphatic rings. The highest BCUT2D eigenvalue weighted by Gasteiger charge is 2.21. The number of nitrogens with one attached hydrogen (secondary N) is 1. The summed E-state index contributed by atoms with van der Waals surface area (Å²) in [6.45, 7) is 2.04. The van der Waals surface area contributed by atoms with Gasteiger partial charge in [0.05, 0.1) is 0 Å². The van der Waals surface area contributed by atoms with Crippen LogP contribution < -0.4 is 11.1 Å². The van der Waals surface area contributed by atoms with Gasteiger partial charge in [0, 0.05) is 6.04 Å². The molecule has 4 N–H and O–H groups in total. The molecule has 2 unspecified atom stereocenters. The first-order valence-electron chi connectivity index (χ1n) is 6.00. The van der Waals surface area contributed by atoms with Crippen molar-refractivity contribution in [3.63, 3.8) is 0 Å². The van der Waals surface area contributed by atoms with E-state index >= 15 is 0 Å². The van der Waals surface area contributed by atoms with Crippen molar-refractivity contribution in [2.45, 2.75) is 25.3 Å². The van der Waals surface area contributed by atoms with Crippen molar-refractivity contribution in [1.82, 2.24) is 5.32 Å². The molecule has 0 aliphatic carbocycles. The zero-order chi connectivity index (χ0) is 11.4. The lowest BCUT2D eigenvalue weighted by molar-refractivity contribution is 0.309. The number of hydrogen-bond acceptors (Lipinski definition) is 3. The number of rotatable bonds is 3. The molecule has 3 nitrogen and oxygen atoms in total. The summed E-state index contributed by atoms with van der Waals surface area (Å²) in [5, 5.41) is 13.0. The normalized spacial score (nSPS) is 25.6. The molecule has 88 valence electrons. The van der Waals surface area contributed by atoms with Crippen LogP contribution in [0.1, 0.15) is 18.4 Å². The van der Waals surface area contributed by atoms with Crippen LogP contribution in [-0.4, -0.2) is 24.2 Å². The standard InChI is InChI=1S/C13H20N2O/c14-12-7-8-15-9-11(12)6-5-10-3-1-2-4-13(10)16/h1-4,11-12,15-16H,5-9,14H2. The Labute approximate surface area is 96.7 Å². The Bertz CT molecular complexity index is 340. The van der Waals surface area contributed by atoms with Gasteiger partial charge in [0.1, 0.15) is 5.75 Å². The monoisotopic (exact) mass is 220 g/mol. The van der Waals surface area contributed by atoms with Crippen molar-refractivity contribution < 1.29 is 5.11 Å². The van der Waals surface area contributed by atoms with Gasteiger partial charge in [-0.3, -0.25) is 0 Å². The van der Waals surface area contributed by atoms with E-state index in [0.717, 1.165) is 37.9 Å². The quantitative estimate of drug-likeness (QED) is 0.719. The molecule has 1 aromatic carbocycles. The van der Waals surface area contributed by atoms with Crippen molar-refractivity contribution in [2.75, 3.05) is 13.1 Å². The lowest BCUT2D eigenvalue weighted by Crippen LogP contribution is -2.44. The lowest BCUT2D eigenvalue weighted by atomic mass is 9.88. The van der Waals surface area contributed by atoms with Gasteiger partial charge in [-0.25, -0.2) is 0 Å². The van der Waals surface area contributed by atoms with Gasteiger partial charge >= 0.3 is 0 Å². The van der Waals surface area contributed by atoms with Gasteiger partial charge in [0.25, 0.3) is 0 Å². The Balaban J connectivity index is 1.89. The fourth-order valence-corrected chi connectivity index (χ4v) is 2.32. The first-order chi connectivity index (χ1) is 7.77. The maximum absolute atomic E-state index is 9.66. The van der Waals surface area contributed by atoms with Gasteiger partial charge < -0.3 is 16.2 Å². The van der Waals surface area contributed by atoms with E-state index in [-0.39, 0.29) is 0 Å². The molecule has 2 rings (SSSR count). The van der Waals surface area contributed by atoms with Crippen LogP contribution in [0.4, 0.5) is 0 Å². The van der Waals surface area contributed by atoms with Gasteiger partial charge in [-0.15, -0.1) is 0 Å². The summed E-state index contributed by atoms with van der Waals surface area (Å²) in [7, 11) is 0. The molecule has 1 heterocycles. The maximum atomic E-state index is 9.66. The van der Waals surface area contributed by atoms with Crippen LogP contribution in [0.15, 0.2) is 24.3 Å². The number of piperidine rings is 1. The summed E-state index contributed by atoms with van der Waals surface area (Å²) in [5.74, 6) is 0.938. The molecule has 0 spiro atoms. The highest BCUT2D eigenvalue weighted by Crippen LogP contribution is 2.21. The van der Waals surface area contributed by atoms with Crippen LogP contribution >= 0.6 is 0 Å². The molecule has 1 fully saturated rings. The molecule has 0 aromatic heterocycles. The minimum Gasteiger partial charge on any atom is -0.508 e. The van der Waals surface area contributed by atoms with Gasteiger partial charge in [-0.2, -0.15) is 0 Å². The van der Waals surface area contributed by atoms with Gasteiger partial charge in [-0.1, -0.05) is 18.2 Å². The highest BCUT2D eigenvalue weighted by molar-refractivity contribution is 5.31. The number of hydrogen-bond donors (Lipinski definition) is 3. The Kier molecular flexibility index (Phi) is 3.80. The van der Waals surface area contributed by atoms with Gasteiger partial charge in [0.15, 0.2) is 0 Å².